The lowest BCUT2D eigenvalue weighted by molar-refractivity contribution is 0.597. The number of halogens is 1. The molecule has 0 aromatic carbocycles. The molecule has 16 heavy (non-hydrogen) atoms. The van der Waals surface area contributed by atoms with Gasteiger partial charge in [0.25, 0.3) is 0 Å². The van der Waals surface area contributed by atoms with E-state index in [0.717, 1.165) is 0 Å². The third-order valence-electron chi connectivity index (χ3n) is 1.75. The first-order valence-corrected chi connectivity index (χ1v) is 6.53. The largest absolute Gasteiger partial charge is 0.397 e. The van der Waals surface area contributed by atoms with Crippen LogP contribution in [0, 0.1) is 11.3 Å². The molecule has 0 radical (unpaired) electrons. The number of nitrogens with two attached hydrogens (primary N) is 1. The number of sulfonamides is 1. The normalized spacial score (nSPS) is 12.8. The highest BCUT2D eigenvalue weighted by molar-refractivity contribution is 9.10. The van der Waals surface area contributed by atoms with Crippen LogP contribution < -0.4 is 10.5 Å². The van der Waals surface area contributed by atoms with E-state index < -0.39 is 15.3 Å². The Kier molecular flexibility index (Phi) is 3.72. The molecule has 1 rings (SSSR count). The SMILES string of the molecule is CC(C#N)S(=O)(=O)Nc1ncc(N)cc1Br. The summed E-state index contributed by atoms with van der Waals surface area (Å²) in [5.74, 6) is 0.108. The van der Waals surface area contributed by atoms with E-state index in [1.807, 2.05) is 0 Å². The van der Waals surface area contributed by atoms with Gasteiger partial charge in [-0.1, -0.05) is 0 Å². The topological polar surface area (TPSA) is 109 Å². The molecule has 1 atom stereocenters. The number of nitrogens with zero attached hydrogens (tertiary/aromatic N) is 2. The Morgan fingerprint density at radius 2 is 2.31 bits per heavy atom. The van der Waals surface area contributed by atoms with Gasteiger partial charge in [-0.25, -0.2) is 13.4 Å². The molecule has 3 N–H and O–H groups in total. The molecule has 0 saturated heterocycles. The zero-order valence-corrected chi connectivity index (χ0v) is 10.7. The van der Waals surface area contributed by atoms with E-state index >= 15 is 0 Å². The van der Waals surface area contributed by atoms with Crippen LogP contribution in [0.1, 0.15) is 6.92 Å². The summed E-state index contributed by atoms with van der Waals surface area (Å²) in [5, 5.41) is 7.39. The molecular formula is C8H9BrN4O2S. The summed E-state index contributed by atoms with van der Waals surface area (Å²) in [7, 11) is -3.74. The standard InChI is InChI=1S/C8H9BrN4O2S/c1-5(3-10)16(14,15)13-8-7(9)2-6(11)4-12-8/h2,4-5H,11H2,1H3,(H,12,13). The first-order chi connectivity index (χ1) is 7.36. The maximum Gasteiger partial charge on any atom is 0.250 e. The minimum atomic E-state index is -3.74. The van der Waals surface area contributed by atoms with Crippen molar-refractivity contribution >= 4 is 37.5 Å². The van der Waals surface area contributed by atoms with Gasteiger partial charge < -0.3 is 5.73 Å². The van der Waals surface area contributed by atoms with Crippen LogP contribution in [0.5, 0.6) is 0 Å². The number of nitrogen functional groups attached to an aromatic ring is 1. The molecule has 0 fully saturated rings. The molecule has 0 saturated carbocycles. The Hall–Kier alpha value is -1.33. The van der Waals surface area contributed by atoms with Crippen molar-refractivity contribution in [3.05, 3.63) is 16.7 Å². The van der Waals surface area contributed by atoms with Crippen LogP contribution in [0.15, 0.2) is 16.7 Å². The summed E-state index contributed by atoms with van der Waals surface area (Å²) < 4.78 is 25.7. The van der Waals surface area contributed by atoms with Gasteiger partial charge in [0.1, 0.15) is 0 Å². The molecule has 0 aliphatic heterocycles. The maximum atomic E-state index is 11.5. The lowest BCUT2D eigenvalue weighted by Crippen LogP contribution is -2.24. The zero-order valence-electron chi connectivity index (χ0n) is 8.31. The number of rotatable bonds is 3. The molecule has 0 spiro atoms. The number of nitrogens with one attached hydrogen (secondary N) is 1. The second-order valence-corrected chi connectivity index (χ2v) is 5.87. The van der Waals surface area contributed by atoms with E-state index in [1.54, 1.807) is 6.07 Å². The minimum Gasteiger partial charge on any atom is -0.397 e. The van der Waals surface area contributed by atoms with E-state index in [-0.39, 0.29) is 5.82 Å². The third-order valence-corrected chi connectivity index (χ3v) is 3.87. The molecule has 0 aliphatic rings. The van der Waals surface area contributed by atoms with Gasteiger partial charge in [-0.3, -0.25) is 4.72 Å². The fourth-order valence-corrected chi connectivity index (χ4v) is 2.17. The van der Waals surface area contributed by atoms with Crippen LogP contribution in [-0.4, -0.2) is 18.7 Å². The van der Waals surface area contributed by atoms with Gasteiger partial charge in [0.05, 0.1) is 22.4 Å². The van der Waals surface area contributed by atoms with E-state index in [4.69, 9.17) is 11.0 Å². The Bertz CT molecular complexity index is 537. The molecule has 1 aromatic heterocycles. The van der Waals surface area contributed by atoms with Crippen molar-refractivity contribution in [1.29, 1.82) is 5.26 Å². The number of anilines is 2. The van der Waals surface area contributed by atoms with Crippen molar-refractivity contribution in [2.75, 3.05) is 10.5 Å². The molecule has 8 heteroatoms. The van der Waals surface area contributed by atoms with Crippen molar-refractivity contribution in [2.45, 2.75) is 12.2 Å². The zero-order chi connectivity index (χ0) is 12.3. The van der Waals surface area contributed by atoms with Gasteiger partial charge in [-0.2, -0.15) is 5.26 Å². The third kappa shape index (κ3) is 2.84. The van der Waals surface area contributed by atoms with Gasteiger partial charge in [-0.15, -0.1) is 0 Å². The van der Waals surface area contributed by atoms with Gasteiger partial charge in [0, 0.05) is 0 Å². The second-order valence-electron chi connectivity index (χ2n) is 3.02. The van der Waals surface area contributed by atoms with E-state index in [9.17, 15) is 8.42 Å². The second kappa shape index (κ2) is 4.67. The average Bonchev–Trinajstić information content (AvgIpc) is 2.21. The molecule has 1 heterocycles. The van der Waals surface area contributed by atoms with Crippen LogP contribution in [0.3, 0.4) is 0 Å². The van der Waals surface area contributed by atoms with Gasteiger partial charge in [0.2, 0.25) is 10.0 Å². The molecule has 6 nitrogen and oxygen atoms in total. The van der Waals surface area contributed by atoms with Crippen LogP contribution in [0.2, 0.25) is 0 Å². The summed E-state index contributed by atoms with van der Waals surface area (Å²) in [6.07, 6.45) is 1.32. The summed E-state index contributed by atoms with van der Waals surface area (Å²) in [6, 6.07) is 3.15. The fraction of sp³-hybridized carbons (Fsp3) is 0.250. The highest BCUT2D eigenvalue weighted by Gasteiger charge is 2.21. The summed E-state index contributed by atoms with van der Waals surface area (Å²) in [6.45, 7) is 1.29. The van der Waals surface area contributed by atoms with Crippen molar-refractivity contribution in [2.24, 2.45) is 0 Å². The average molecular weight is 305 g/mol. The van der Waals surface area contributed by atoms with E-state index in [1.165, 1.54) is 19.2 Å². The lowest BCUT2D eigenvalue weighted by atomic mass is 10.4. The fourth-order valence-electron chi connectivity index (χ4n) is 0.820. The number of aromatic nitrogens is 1. The van der Waals surface area contributed by atoms with Crippen molar-refractivity contribution in [3.8, 4) is 6.07 Å². The maximum absolute atomic E-state index is 11.5. The Morgan fingerprint density at radius 1 is 1.69 bits per heavy atom. The monoisotopic (exact) mass is 304 g/mol. The van der Waals surface area contributed by atoms with Crippen LogP contribution in [-0.2, 0) is 10.0 Å². The number of hydrogen-bond donors (Lipinski definition) is 2. The summed E-state index contributed by atoms with van der Waals surface area (Å²) >= 11 is 3.12. The predicted octanol–water partition coefficient (Wildman–Crippen LogP) is 1.08. The van der Waals surface area contributed by atoms with Crippen LogP contribution >= 0.6 is 15.9 Å². The summed E-state index contributed by atoms with van der Waals surface area (Å²) in [5.41, 5.74) is 5.86. The van der Waals surface area contributed by atoms with Crippen molar-refractivity contribution < 1.29 is 8.42 Å². The lowest BCUT2D eigenvalue weighted by Gasteiger charge is -2.09. The van der Waals surface area contributed by atoms with Gasteiger partial charge >= 0.3 is 0 Å². The molecule has 1 unspecified atom stereocenters. The first kappa shape index (κ1) is 12.7. The highest BCUT2D eigenvalue weighted by atomic mass is 79.9. The van der Waals surface area contributed by atoms with Crippen LogP contribution in [0.25, 0.3) is 0 Å². The molecule has 1 aromatic rings. The highest BCUT2D eigenvalue weighted by Crippen LogP contribution is 2.23. The Morgan fingerprint density at radius 3 is 2.81 bits per heavy atom. The minimum absolute atomic E-state index is 0.108. The molecular weight excluding hydrogens is 296 g/mol. The van der Waals surface area contributed by atoms with Crippen molar-refractivity contribution in [3.63, 3.8) is 0 Å². The molecule has 0 amide bonds. The first-order valence-electron chi connectivity index (χ1n) is 4.19. The molecule has 0 bridgehead atoms. The Labute approximate surface area is 102 Å². The smallest absolute Gasteiger partial charge is 0.250 e. The van der Waals surface area contributed by atoms with Crippen molar-refractivity contribution in [1.82, 2.24) is 4.98 Å². The van der Waals surface area contributed by atoms with Gasteiger partial charge in [-0.05, 0) is 28.9 Å². The number of nitriles is 1. The number of pyridine rings is 1. The number of hydrogen-bond acceptors (Lipinski definition) is 5. The predicted molar refractivity (Wildman–Crippen MR) is 64.0 cm³/mol. The Balaban J connectivity index is 3.03. The molecule has 86 valence electrons. The summed E-state index contributed by atoms with van der Waals surface area (Å²) in [4.78, 5) is 3.81. The molecule has 0 aliphatic carbocycles. The quantitative estimate of drug-likeness (QED) is 0.868. The van der Waals surface area contributed by atoms with Crippen LogP contribution in [0.4, 0.5) is 11.5 Å². The van der Waals surface area contributed by atoms with E-state index in [2.05, 4.69) is 25.6 Å². The van der Waals surface area contributed by atoms with E-state index in [0.29, 0.717) is 10.2 Å². The van der Waals surface area contributed by atoms with Gasteiger partial charge in [0.15, 0.2) is 11.1 Å².